The molecular formula is C10H9ClO2. The summed E-state index contributed by atoms with van der Waals surface area (Å²) in [4.78, 5) is 0. The number of rotatable bonds is 2. The molecule has 0 aliphatic heterocycles. The predicted octanol–water partition coefficient (Wildman–Crippen LogP) is 2.71. The Morgan fingerprint density at radius 1 is 1.38 bits per heavy atom. The van der Waals surface area contributed by atoms with E-state index in [0.29, 0.717) is 5.76 Å². The van der Waals surface area contributed by atoms with Gasteiger partial charge in [0.1, 0.15) is 11.1 Å². The number of fused-ring (bicyclic) bond motifs is 1. The summed E-state index contributed by atoms with van der Waals surface area (Å²) in [6.07, 6.45) is 1.65. The molecule has 0 bridgehead atoms. The average molecular weight is 197 g/mol. The van der Waals surface area contributed by atoms with Crippen LogP contribution in [0.15, 0.2) is 34.9 Å². The van der Waals surface area contributed by atoms with E-state index in [1.807, 2.05) is 24.3 Å². The molecule has 2 nitrogen and oxygen atoms in total. The molecule has 3 heteroatoms. The highest BCUT2D eigenvalue weighted by Gasteiger charge is 2.13. The Bertz CT molecular complexity index is 408. The highest BCUT2D eigenvalue weighted by molar-refractivity contribution is 6.21. The smallest absolute Gasteiger partial charge is 0.131 e. The summed E-state index contributed by atoms with van der Waals surface area (Å²) < 4.78 is 5.28. The fraction of sp³-hybridized carbons (Fsp3) is 0.200. The summed E-state index contributed by atoms with van der Waals surface area (Å²) in [5.41, 5.74) is 0. The summed E-state index contributed by atoms with van der Waals surface area (Å²) in [6, 6.07) is 7.73. The van der Waals surface area contributed by atoms with Gasteiger partial charge in [0.2, 0.25) is 0 Å². The third kappa shape index (κ3) is 1.43. The molecule has 1 aromatic heterocycles. The zero-order chi connectivity index (χ0) is 9.26. The van der Waals surface area contributed by atoms with Gasteiger partial charge < -0.3 is 9.52 Å². The van der Waals surface area contributed by atoms with E-state index >= 15 is 0 Å². The van der Waals surface area contributed by atoms with Crippen molar-refractivity contribution in [3.8, 4) is 0 Å². The molecule has 1 atom stereocenters. The topological polar surface area (TPSA) is 33.4 Å². The SMILES string of the molecule is OC[C@@H](Cl)c1occ2ccccc12. The number of hydrogen-bond donors (Lipinski definition) is 1. The van der Waals surface area contributed by atoms with Gasteiger partial charge in [-0.1, -0.05) is 24.3 Å². The maximum Gasteiger partial charge on any atom is 0.131 e. The van der Waals surface area contributed by atoms with E-state index in [-0.39, 0.29) is 6.61 Å². The van der Waals surface area contributed by atoms with Crippen molar-refractivity contribution in [3.05, 3.63) is 36.3 Å². The van der Waals surface area contributed by atoms with E-state index in [1.165, 1.54) is 0 Å². The monoisotopic (exact) mass is 196 g/mol. The highest BCUT2D eigenvalue weighted by Crippen LogP contribution is 2.29. The van der Waals surface area contributed by atoms with Crippen molar-refractivity contribution in [1.82, 2.24) is 0 Å². The quantitative estimate of drug-likeness (QED) is 0.750. The first-order valence-corrected chi connectivity index (χ1v) is 4.47. The van der Waals surface area contributed by atoms with Crippen LogP contribution < -0.4 is 0 Å². The Morgan fingerprint density at radius 3 is 2.92 bits per heavy atom. The third-order valence-corrected chi connectivity index (χ3v) is 2.32. The molecule has 13 heavy (non-hydrogen) atoms. The lowest BCUT2D eigenvalue weighted by molar-refractivity contribution is 0.282. The average Bonchev–Trinajstić information content (AvgIpc) is 2.60. The van der Waals surface area contributed by atoms with Gasteiger partial charge in [-0.05, 0) is 0 Å². The lowest BCUT2D eigenvalue weighted by atomic mass is 10.1. The van der Waals surface area contributed by atoms with Gasteiger partial charge in [0, 0.05) is 10.8 Å². The van der Waals surface area contributed by atoms with Gasteiger partial charge in [-0.3, -0.25) is 0 Å². The number of aliphatic hydroxyl groups is 1. The number of alkyl halides is 1. The van der Waals surface area contributed by atoms with Crippen LogP contribution in [0.5, 0.6) is 0 Å². The van der Waals surface area contributed by atoms with Gasteiger partial charge in [0.25, 0.3) is 0 Å². The molecule has 1 heterocycles. The van der Waals surface area contributed by atoms with Crippen LogP contribution >= 0.6 is 11.6 Å². The zero-order valence-corrected chi connectivity index (χ0v) is 7.66. The van der Waals surface area contributed by atoms with E-state index in [9.17, 15) is 0 Å². The lowest BCUT2D eigenvalue weighted by Crippen LogP contribution is -1.93. The summed E-state index contributed by atoms with van der Waals surface area (Å²) in [6.45, 7) is -0.112. The number of benzene rings is 1. The first-order chi connectivity index (χ1) is 6.33. The van der Waals surface area contributed by atoms with Crippen LogP contribution in [0.25, 0.3) is 10.8 Å². The molecule has 0 radical (unpaired) electrons. The van der Waals surface area contributed by atoms with Crippen LogP contribution in [0.2, 0.25) is 0 Å². The number of aliphatic hydroxyl groups excluding tert-OH is 1. The maximum atomic E-state index is 8.87. The van der Waals surface area contributed by atoms with E-state index in [0.717, 1.165) is 10.8 Å². The molecular weight excluding hydrogens is 188 g/mol. The molecule has 0 fully saturated rings. The Balaban J connectivity index is 2.57. The summed E-state index contributed by atoms with van der Waals surface area (Å²) in [7, 11) is 0. The number of furan rings is 1. The molecule has 0 saturated heterocycles. The normalized spacial score (nSPS) is 13.4. The largest absolute Gasteiger partial charge is 0.466 e. The van der Waals surface area contributed by atoms with Crippen LogP contribution in [0.3, 0.4) is 0 Å². The molecule has 0 spiro atoms. The minimum atomic E-state index is -0.458. The third-order valence-electron chi connectivity index (χ3n) is 1.98. The van der Waals surface area contributed by atoms with Crippen molar-refractivity contribution >= 4 is 22.4 Å². The van der Waals surface area contributed by atoms with Gasteiger partial charge in [-0.25, -0.2) is 0 Å². The first-order valence-electron chi connectivity index (χ1n) is 4.04. The predicted molar refractivity (Wildman–Crippen MR) is 51.9 cm³/mol. The standard InChI is InChI=1S/C10H9ClO2/c11-9(5-12)10-8-4-2-1-3-7(8)6-13-10/h1-4,6,9,12H,5H2/t9-/m1/s1. The van der Waals surface area contributed by atoms with Crippen molar-refractivity contribution < 1.29 is 9.52 Å². The molecule has 0 aliphatic carbocycles. The van der Waals surface area contributed by atoms with Gasteiger partial charge in [-0.2, -0.15) is 0 Å². The van der Waals surface area contributed by atoms with Crippen molar-refractivity contribution in [2.75, 3.05) is 6.61 Å². The van der Waals surface area contributed by atoms with Gasteiger partial charge in [-0.15, -0.1) is 11.6 Å². The molecule has 1 N–H and O–H groups in total. The summed E-state index contributed by atoms with van der Waals surface area (Å²) in [5.74, 6) is 0.639. The van der Waals surface area contributed by atoms with Crippen LogP contribution in [0, 0.1) is 0 Å². The summed E-state index contributed by atoms with van der Waals surface area (Å²) in [5, 5.41) is 10.4. The van der Waals surface area contributed by atoms with Crippen molar-refractivity contribution in [3.63, 3.8) is 0 Å². The van der Waals surface area contributed by atoms with Gasteiger partial charge in [0.05, 0.1) is 12.9 Å². The zero-order valence-electron chi connectivity index (χ0n) is 6.90. The Labute approximate surface area is 80.7 Å². The van der Waals surface area contributed by atoms with Crippen molar-refractivity contribution in [1.29, 1.82) is 0 Å². The fourth-order valence-corrected chi connectivity index (χ4v) is 1.51. The summed E-state index contributed by atoms with van der Waals surface area (Å²) >= 11 is 5.87. The second kappa shape index (κ2) is 3.40. The second-order valence-electron chi connectivity index (χ2n) is 2.84. The molecule has 68 valence electrons. The van der Waals surface area contributed by atoms with Gasteiger partial charge in [0.15, 0.2) is 0 Å². The first kappa shape index (κ1) is 8.60. The minimum Gasteiger partial charge on any atom is -0.466 e. The van der Waals surface area contributed by atoms with E-state index < -0.39 is 5.38 Å². The molecule has 2 aromatic rings. The maximum absolute atomic E-state index is 8.87. The van der Waals surface area contributed by atoms with Crippen LogP contribution in [-0.2, 0) is 0 Å². The molecule has 0 saturated carbocycles. The highest BCUT2D eigenvalue weighted by atomic mass is 35.5. The second-order valence-corrected chi connectivity index (χ2v) is 3.36. The van der Waals surface area contributed by atoms with E-state index in [1.54, 1.807) is 6.26 Å². The van der Waals surface area contributed by atoms with Gasteiger partial charge >= 0.3 is 0 Å². The molecule has 2 rings (SSSR count). The van der Waals surface area contributed by atoms with E-state index in [4.69, 9.17) is 21.1 Å². The molecule has 0 aliphatic rings. The van der Waals surface area contributed by atoms with E-state index in [2.05, 4.69) is 0 Å². The Kier molecular flexibility index (Phi) is 2.25. The fourth-order valence-electron chi connectivity index (χ4n) is 1.34. The molecule has 0 unspecified atom stereocenters. The van der Waals surface area contributed by atoms with Crippen molar-refractivity contribution in [2.45, 2.75) is 5.38 Å². The Morgan fingerprint density at radius 2 is 2.15 bits per heavy atom. The Hall–Kier alpha value is -0.990. The minimum absolute atomic E-state index is 0.112. The van der Waals surface area contributed by atoms with Crippen molar-refractivity contribution in [2.24, 2.45) is 0 Å². The van der Waals surface area contributed by atoms with Crippen LogP contribution in [0.4, 0.5) is 0 Å². The lowest BCUT2D eigenvalue weighted by Gasteiger charge is -2.01. The van der Waals surface area contributed by atoms with Crippen LogP contribution in [0.1, 0.15) is 11.1 Å². The van der Waals surface area contributed by atoms with Crippen LogP contribution in [-0.4, -0.2) is 11.7 Å². The molecule has 0 amide bonds. The molecule has 1 aromatic carbocycles. The number of hydrogen-bond acceptors (Lipinski definition) is 2. The number of halogens is 1.